The first-order valence-electron chi connectivity index (χ1n) is 4.27. The molecule has 2 rings (SSSR count). The van der Waals surface area contributed by atoms with Crippen molar-refractivity contribution < 1.29 is 4.74 Å². The minimum Gasteiger partial charge on any atom is -0.496 e. The number of hydrogen-bond donors (Lipinski definition) is 0. The fourth-order valence-corrected chi connectivity index (χ4v) is 1.42. The lowest BCUT2D eigenvalue weighted by molar-refractivity contribution is 0.414. The van der Waals surface area contributed by atoms with Gasteiger partial charge in [0.15, 0.2) is 0 Å². The summed E-state index contributed by atoms with van der Waals surface area (Å²) in [5.41, 5.74) is 2.17. The molecule has 0 saturated carbocycles. The lowest BCUT2D eigenvalue weighted by Crippen LogP contribution is -1.99. The van der Waals surface area contributed by atoms with E-state index in [1.165, 1.54) is 0 Å². The van der Waals surface area contributed by atoms with Crippen molar-refractivity contribution in [2.75, 3.05) is 7.11 Å². The highest BCUT2D eigenvalue weighted by molar-refractivity contribution is 6.05. The molecule has 0 atom stereocenters. The van der Waals surface area contributed by atoms with Gasteiger partial charge in [-0.25, -0.2) is 0 Å². The zero-order valence-corrected chi connectivity index (χ0v) is 7.53. The van der Waals surface area contributed by atoms with Gasteiger partial charge in [-0.3, -0.25) is 4.99 Å². The molecule has 0 aromatic heterocycles. The molecule has 0 unspecified atom stereocenters. The second-order valence-corrected chi connectivity index (χ2v) is 2.86. The Kier molecular flexibility index (Phi) is 2.13. The Morgan fingerprint density at radius 2 is 2.15 bits per heavy atom. The third-order valence-electron chi connectivity index (χ3n) is 2.06. The Balaban J connectivity index is 2.39. The molecule has 2 heteroatoms. The van der Waals surface area contributed by atoms with Crippen molar-refractivity contribution in [3.8, 4) is 5.75 Å². The summed E-state index contributed by atoms with van der Waals surface area (Å²) in [6.07, 6.45) is 4.78. The van der Waals surface area contributed by atoms with Gasteiger partial charge >= 0.3 is 0 Å². The van der Waals surface area contributed by atoms with Gasteiger partial charge < -0.3 is 4.74 Å². The fraction of sp³-hybridized carbons (Fsp3) is 0.182. The van der Waals surface area contributed by atoms with Crippen molar-refractivity contribution in [1.29, 1.82) is 0 Å². The molecule has 0 N–H and O–H groups in total. The van der Waals surface area contributed by atoms with Crippen LogP contribution in [0.4, 0.5) is 0 Å². The van der Waals surface area contributed by atoms with Crippen LogP contribution in [0, 0.1) is 0 Å². The Hall–Kier alpha value is -1.57. The molecule has 0 spiro atoms. The van der Waals surface area contributed by atoms with Gasteiger partial charge in [-0.2, -0.15) is 0 Å². The van der Waals surface area contributed by atoms with Crippen LogP contribution in [-0.4, -0.2) is 12.8 Å². The molecule has 0 saturated heterocycles. The highest BCUT2D eigenvalue weighted by Gasteiger charge is 2.09. The Morgan fingerprint density at radius 3 is 2.85 bits per heavy atom. The van der Waals surface area contributed by atoms with Gasteiger partial charge in [0.2, 0.25) is 0 Å². The quantitative estimate of drug-likeness (QED) is 0.673. The van der Waals surface area contributed by atoms with E-state index in [-0.39, 0.29) is 0 Å². The number of hydrogen-bond acceptors (Lipinski definition) is 2. The van der Waals surface area contributed by atoms with Crippen LogP contribution >= 0.6 is 0 Å². The highest BCUT2D eigenvalue weighted by Crippen LogP contribution is 2.21. The predicted octanol–water partition coefficient (Wildman–Crippen LogP) is 2.40. The summed E-state index contributed by atoms with van der Waals surface area (Å²) < 4.78 is 5.25. The van der Waals surface area contributed by atoms with Gasteiger partial charge in [0.05, 0.1) is 12.8 Å². The number of nitrogens with zero attached hydrogens (tertiary/aromatic N) is 1. The molecule has 0 fully saturated rings. The molecule has 2 nitrogen and oxygen atoms in total. The van der Waals surface area contributed by atoms with Gasteiger partial charge in [0.1, 0.15) is 5.75 Å². The lowest BCUT2D eigenvalue weighted by atomic mass is 10.1. The maximum atomic E-state index is 5.25. The number of benzene rings is 1. The summed E-state index contributed by atoms with van der Waals surface area (Å²) in [6.45, 7) is 0. The molecule has 0 aliphatic carbocycles. The van der Waals surface area contributed by atoms with E-state index in [1.54, 1.807) is 7.11 Å². The van der Waals surface area contributed by atoms with E-state index in [0.29, 0.717) is 0 Å². The maximum Gasteiger partial charge on any atom is 0.127 e. The molecule has 66 valence electrons. The van der Waals surface area contributed by atoms with Crippen molar-refractivity contribution in [3.05, 3.63) is 42.1 Å². The van der Waals surface area contributed by atoms with Crippen LogP contribution in [-0.2, 0) is 0 Å². The summed E-state index contributed by atoms with van der Waals surface area (Å²) >= 11 is 0. The van der Waals surface area contributed by atoms with Crippen molar-refractivity contribution in [2.24, 2.45) is 4.99 Å². The molecule has 1 heterocycles. The van der Waals surface area contributed by atoms with Gasteiger partial charge in [-0.05, 0) is 12.1 Å². The second kappa shape index (κ2) is 3.44. The zero-order chi connectivity index (χ0) is 9.10. The average molecular weight is 173 g/mol. The minimum absolute atomic E-state index is 0.893. The molecule has 1 aromatic rings. The maximum absolute atomic E-state index is 5.25. The first kappa shape index (κ1) is 8.05. The van der Waals surface area contributed by atoms with Crippen LogP contribution in [0.3, 0.4) is 0 Å². The largest absolute Gasteiger partial charge is 0.496 e. The van der Waals surface area contributed by atoms with E-state index in [4.69, 9.17) is 4.74 Å². The number of methoxy groups -OCH3 is 1. The monoisotopic (exact) mass is 173 g/mol. The van der Waals surface area contributed by atoms with E-state index in [9.17, 15) is 0 Å². The molecule has 1 aliphatic rings. The molecule has 1 aromatic carbocycles. The summed E-state index contributed by atoms with van der Waals surface area (Å²) in [5, 5.41) is 0. The number of para-hydroxylation sites is 1. The summed E-state index contributed by atoms with van der Waals surface area (Å²) in [7, 11) is 1.68. The number of ether oxygens (including phenoxy) is 1. The van der Waals surface area contributed by atoms with Crippen LogP contribution in [0.15, 0.2) is 41.5 Å². The molecular formula is C11H11NO. The van der Waals surface area contributed by atoms with Crippen LogP contribution in [0.25, 0.3) is 0 Å². The van der Waals surface area contributed by atoms with E-state index in [2.05, 4.69) is 4.99 Å². The third kappa shape index (κ3) is 1.47. The standard InChI is InChI=1S/C11H11NO/c1-13-11-7-3-2-5-9(11)10-6-4-8-12-10/h2-5,7-8H,6H2,1H3. The van der Waals surface area contributed by atoms with Crippen LogP contribution < -0.4 is 4.74 Å². The molecule has 0 amide bonds. The summed E-state index contributed by atoms with van der Waals surface area (Å²) in [5.74, 6) is 0.893. The first-order valence-corrected chi connectivity index (χ1v) is 4.27. The van der Waals surface area contributed by atoms with Crippen molar-refractivity contribution in [3.63, 3.8) is 0 Å². The minimum atomic E-state index is 0.893. The first-order chi connectivity index (χ1) is 6.42. The zero-order valence-electron chi connectivity index (χ0n) is 7.53. The van der Waals surface area contributed by atoms with Gasteiger partial charge in [0, 0.05) is 18.2 Å². The van der Waals surface area contributed by atoms with Crippen molar-refractivity contribution in [1.82, 2.24) is 0 Å². The second-order valence-electron chi connectivity index (χ2n) is 2.86. The summed E-state index contributed by atoms with van der Waals surface area (Å²) in [4.78, 5) is 4.27. The van der Waals surface area contributed by atoms with E-state index >= 15 is 0 Å². The predicted molar refractivity (Wildman–Crippen MR) is 53.3 cm³/mol. The lowest BCUT2D eigenvalue weighted by Gasteiger charge is -2.06. The Morgan fingerprint density at radius 1 is 1.31 bits per heavy atom. The van der Waals surface area contributed by atoms with Crippen molar-refractivity contribution in [2.45, 2.75) is 6.42 Å². The molecule has 0 radical (unpaired) electrons. The van der Waals surface area contributed by atoms with Crippen LogP contribution in [0.5, 0.6) is 5.75 Å². The SMILES string of the molecule is COc1ccccc1C1=NC=CC1. The molecular weight excluding hydrogens is 162 g/mol. The van der Waals surface area contributed by atoms with Gasteiger partial charge in [-0.1, -0.05) is 18.2 Å². The Bertz CT molecular complexity index is 366. The number of rotatable bonds is 2. The van der Waals surface area contributed by atoms with Crippen LogP contribution in [0.1, 0.15) is 12.0 Å². The normalized spacial score (nSPS) is 14.4. The average Bonchev–Trinajstić information content (AvgIpc) is 2.70. The van der Waals surface area contributed by atoms with Gasteiger partial charge in [-0.15, -0.1) is 0 Å². The molecule has 0 bridgehead atoms. The summed E-state index contributed by atoms with van der Waals surface area (Å²) in [6, 6.07) is 7.95. The van der Waals surface area contributed by atoms with Crippen molar-refractivity contribution >= 4 is 5.71 Å². The smallest absolute Gasteiger partial charge is 0.127 e. The number of allylic oxidation sites excluding steroid dienone is 1. The van der Waals surface area contributed by atoms with Gasteiger partial charge in [0.25, 0.3) is 0 Å². The van der Waals surface area contributed by atoms with E-state index in [1.807, 2.05) is 36.5 Å². The third-order valence-corrected chi connectivity index (χ3v) is 2.06. The highest BCUT2D eigenvalue weighted by atomic mass is 16.5. The topological polar surface area (TPSA) is 21.6 Å². The molecule has 13 heavy (non-hydrogen) atoms. The van der Waals surface area contributed by atoms with E-state index in [0.717, 1.165) is 23.4 Å². The number of aliphatic imine (C=N–C) groups is 1. The Labute approximate surface area is 77.6 Å². The molecule has 1 aliphatic heterocycles. The van der Waals surface area contributed by atoms with Crippen LogP contribution in [0.2, 0.25) is 0 Å². The van der Waals surface area contributed by atoms with E-state index < -0.39 is 0 Å². The fourth-order valence-electron chi connectivity index (χ4n) is 1.42.